The highest BCUT2D eigenvalue weighted by molar-refractivity contribution is 6.31. The van der Waals surface area contributed by atoms with Crippen LogP contribution in [0, 0.1) is 11.2 Å². The van der Waals surface area contributed by atoms with Crippen LogP contribution >= 0.6 is 11.6 Å². The summed E-state index contributed by atoms with van der Waals surface area (Å²) in [6.45, 7) is 0.603. The second-order valence-corrected chi connectivity index (χ2v) is 6.06. The maximum atomic E-state index is 13.1. The van der Waals surface area contributed by atoms with E-state index >= 15 is 0 Å². The molecule has 3 nitrogen and oxygen atoms in total. The molecule has 20 heavy (non-hydrogen) atoms. The molecule has 0 radical (unpaired) electrons. The predicted molar refractivity (Wildman–Crippen MR) is 76.4 cm³/mol. The van der Waals surface area contributed by atoms with Crippen molar-refractivity contribution in [3.8, 4) is 0 Å². The molecule has 1 amide bonds. The summed E-state index contributed by atoms with van der Waals surface area (Å²) in [5, 5.41) is 9.54. The van der Waals surface area contributed by atoms with E-state index in [1.165, 1.54) is 18.2 Å². The number of carbonyl (C=O) groups is 1. The Morgan fingerprint density at radius 2 is 2.10 bits per heavy atom. The molecule has 110 valence electrons. The van der Waals surface area contributed by atoms with Gasteiger partial charge in [-0.3, -0.25) is 4.79 Å². The third kappa shape index (κ3) is 3.13. The lowest BCUT2D eigenvalue weighted by molar-refractivity contribution is 0.0595. The van der Waals surface area contributed by atoms with E-state index in [0.29, 0.717) is 12.1 Å². The Labute approximate surface area is 123 Å². The molecule has 0 unspecified atom stereocenters. The molecule has 0 aliphatic heterocycles. The Kier molecular flexibility index (Phi) is 4.66. The fraction of sp³-hybridized carbons (Fsp3) is 0.533. The summed E-state index contributed by atoms with van der Waals surface area (Å²) in [5.74, 6) is -0.736. The standard InChI is InChI=1S/C15H19ClFNO2/c1-18(9-15(10-19)6-2-3-7-15)14(20)11-4-5-13(17)12(16)8-11/h4-5,8,19H,2-3,6-7,9-10H2,1H3. The van der Waals surface area contributed by atoms with Crippen molar-refractivity contribution in [2.75, 3.05) is 20.2 Å². The highest BCUT2D eigenvalue weighted by atomic mass is 35.5. The lowest BCUT2D eigenvalue weighted by Gasteiger charge is -2.31. The van der Waals surface area contributed by atoms with Crippen molar-refractivity contribution in [1.29, 1.82) is 0 Å². The molecule has 1 aliphatic carbocycles. The average molecular weight is 300 g/mol. The summed E-state index contributed by atoms with van der Waals surface area (Å²) >= 11 is 5.70. The lowest BCUT2D eigenvalue weighted by atomic mass is 9.86. The van der Waals surface area contributed by atoms with Crippen LogP contribution in [0.1, 0.15) is 36.0 Å². The van der Waals surface area contributed by atoms with E-state index in [0.717, 1.165) is 25.7 Å². The SMILES string of the molecule is CN(CC1(CO)CCCC1)C(=O)c1ccc(F)c(Cl)c1. The number of benzene rings is 1. The first-order valence-electron chi connectivity index (χ1n) is 6.79. The second kappa shape index (κ2) is 6.10. The maximum Gasteiger partial charge on any atom is 0.253 e. The van der Waals surface area contributed by atoms with Gasteiger partial charge in [0.15, 0.2) is 0 Å². The van der Waals surface area contributed by atoms with Gasteiger partial charge in [0.25, 0.3) is 5.91 Å². The number of amides is 1. The zero-order valence-electron chi connectivity index (χ0n) is 11.5. The maximum absolute atomic E-state index is 13.1. The Balaban J connectivity index is 2.10. The molecule has 0 saturated heterocycles. The van der Waals surface area contributed by atoms with Crippen molar-refractivity contribution in [2.45, 2.75) is 25.7 Å². The number of hydrogen-bond donors (Lipinski definition) is 1. The molecule has 0 spiro atoms. The Morgan fingerprint density at radius 1 is 1.45 bits per heavy atom. The molecule has 0 heterocycles. The number of carbonyl (C=O) groups excluding carboxylic acids is 1. The molecule has 5 heteroatoms. The van der Waals surface area contributed by atoms with Crippen LogP contribution < -0.4 is 0 Å². The first-order valence-corrected chi connectivity index (χ1v) is 7.17. The average Bonchev–Trinajstić information content (AvgIpc) is 2.90. The molecule has 0 atom stereocenters. The molecule has 2 rings (SSSR count). The number of halogens is 2. The fourth-order valence-electron chi connectivity index (χ4n) is 2.92. The van der Waals surface area contributed by atoms with E-state index in [1.54, 1.807) is 11.9 Å². The highest BCUT2D eigenvalue weighted by Crippen LogP contribution is 2.38. The number of rotatable bonds is 4. The van der Waals surface area contributed by atoms with Gasteiger partial charge in [-0.1, -0.05) is 24.4 Å². The van der Waals surface area contributed by atoms with Gasteiger partial charge in [-0.2, -0.15) is 0 Å². The minimum atomic E-state index is -0.534. The van der Waals surface area contributed by atoms with Crippen LogP contribution in [-0.4, -0.2) is 36.1 Å². The van der Waals surface area contributed by atoms with Crippen LogP contribution in [-0.2, 0) is 0 Å². The number of nitrogens with zero attached hydrogens (tertiary/aromatic N) is 1. The Hall–Kier alpha value is -1.13. The monoisotopic (exact) mass is 299 g/mol. The molecule has 1 fully saturated rings. The third-order valence-electron chi connectivity index (χ3n) is 4.09. The second-order valence-electron chi connectivity index (χ2n) is 5.66. The third-order valence-corrected chi connectivity index (χ3v) is 4.38. The Bertz CT molecular complexity index is 501. The van der Waals surface area contributed by atoms with Gasteiger partial charge in [0, 0.05) is 24.6 Å². The first kappa shape index (κ1) is 15.3. The van der Waals surface area contributed by atoms with Gasteiger partial charge in [-0.05, 0) is 31.0 Å². The zero-order valence-corrected chi connectivity index (χ0v) is 12.3. The molecular weight excluding hydrogens is 281 g/mol. The first-order chi connectivity index (χ1) is 9.47. The van der Waals surface area contributed by atoms with E-state index in [2.05, 4.69) is 0 Å². The van der Waals surface area contributed by atoms with Gasteiger partial charge in [0.05, 0.1) is 11.6 Å². The van der Waals surface area contributed by atoms with Gasteiger partial charge in [0.1, 0.15) is 5.82 Å². The Morgan fingerprint density at radius 3 is 2.65 bits per heavy atom. The molecular formula is C15H19ClFNO2. The summed E-state index contributed by atoms with van der Waals surface area (Å²) < 4.78 is 13.1. The highest BCUT2D eigenvalue weighted by Gasteiger charge is 2.35. The van der Waals surface area contributed by atoms with E-state index in [9.17, 15) is 14.3 Å². The number of aliphatic hydroxyl groups is 1. The largest absolute Gasteiger partial charge is 0.396 e. The quantitative estimate of drug-likeness (QED) is 0.928. The number of hydrogen-bond acceptors (Lipinski definition) is 2. The van der Waals surface area contributed by atoms with Crippen LogP contribution in [0.25, 0.3) is 0 Å². The molecule has 1 N–H and O–H groups in total. The molecule has 1 aromatic rings. The smallest absolute Gasteiger partial charge is 0.253 e. The van der Waals surface area contributed by atoms with Gasteiger partial charge >= 0.3 is 0 Å². The topological polar surface area (TPSA) is 40.5 Å². The van der Waals surface area contributed by atoms with Crippen molar-refractivity contribution in [3.63, 3.8) is 0 Å². The molecule has 0 bridgehead atoms. The summed E-state index contributed by atoms with van der Waals surface area (Å²) in [5.41, 5.74) is 0.179. The van der Waals surface area contributed by atoms with Gasteiger partial charge < -0.3 is 10.0 Å². The molecule has 1 aliphatic rings. The summed E-state index contributed by atoms with van der Waals surface area (Å²) in [6.07, 6.45) is 4.05. The van der Waals surface area contributed by atoms with E-state index in [-0.39, 0.29) is 23.0 Å². The van der Waals surface area contributed by atoms with Crippen LogP contribution in [0.5, 0.6) is 0 Å². The van der Waals surface area contributed by atoms with Crippen molar-refractivity contribution in [3.05, 3.63) is 34.6 Å². The van der Waals surface area contributed by atoms with Gasteiger partial charge in [-0.25, -0.2) is 4.39 Å². The van der Waals surface area contributed by atoms with Crippen LogP contribution in [0.3, 0.4) is 0 Å². The normalized spacial score (nSPS) is 17.2. The van der Waals surface area contributed by atoms with E-state index in [4.69, 9.17) is 11.6 Å². The minimum absolute atomic E-state index is 0.0537. The zero-order chi connectivity index (χ0) is 14.8. The lowest BCUT2D eigenvalue weighted by Crippen LogP contribution is -2.39. The van der Waals surface area contributed by atoms with Gasteiger partial charge in [0.2, 0.25) is 0 Å². The number of aliphatic hydroxyl groups excluding tert-OH is 1. The van der Waals surface area contributed by atoms with E-state index in [1.807, 2.05) is 0 Å². The molecule has 1 aromatic carbocycles. The summed E-state index contributed by atoms with van der Waals surface area (Å²) in [4.78, 5) is 13.9. The molecule has 1 saturated carbocycles. The van der Waals surface area contributed by atoms with Crippen molar-refractivity contribution < 1.29 is 14.3 Å². The van der Waals surface area contributed by atoms with Crippen molar-refractivity contribution >= 4 is 17.5 Å². The minimum Gasteiger partial charge on any atom is -0.396 e. The van der Waals surface area contributed by atoms with Crippen LogP contribution in [0.2, 0.25) is 5.02 Å². The van der Waals surface area contributed by atoms with Crippen molar-refractivity contribution in [2.24, 2.45) is 5.41 Å². The predicted octanol–water partition coefficient (Wildman–Crippen LogP) is 3.10. The fourth-order valence-corrected chi connectivity index (χ4v) is 3.10. The summed E-state index contributed by atoms with van der Waals surface area (Å²) in [7, 11) is 1.70. The van der Waals surface area contributed by atoms with Crippen LogP contribution in [0.4, 0.5) is 4.39 Å². The summed E-state index contributed by atoms with van der Waals surface area (Å²) in [6, 6.07) is 3.97. The molecule has 0 aromatic heterocycles. The van der Waals surface area contributed by atoms with E-state index < -0.39 is 5.82 Å². The van der Waals surface area contributed by atoms with Crippen LogP contribution in [0.15, 0.2) is 18.2 Å². The van der Waals surface area contributed by atoms with Gasteiger partial charge in [-0.15, -0.1) is 0 Å². The van der Waals surface area contributed by atoms with Crippen molar-refractivity contribution in [1.82, 2.24) is 4.90 Å².